The van der Waals surface area contributed by atoms with Crippen molar-refractivity contribution in [1.82, 2.24) is 4.72 Å². The summed E-state index contributed by atoms with van der Waals surface area (Å²) < 4.78 is 34.0. The molecule has 2 aliphatic carbocycles. The predicted octanol–water partition coefficient (Wildman–Crippen LogP) is 4.06. The first-order valence-corrected chi connectivity index (χ1v) is 12.2. The van der Waals surface area contributed by atoms with Gasteiger partial charge in [-0.3, -0.25) is 0 Å². The van der Waals surface area contributed by atoms with Crippen LogP contribution in [0, 0.1) is 11.8 Å². The SMILES string of the molecule is COC(=O)/C=C/c1ccc2c(c1)CC1CCC(C2)C1NS(=O)(=O)c1ccc(Cl)s1. The van der Waals surface area contributed by atoms with Crippen molar-refractivity contribution < 1.29 is 17.9 Å². The summed E-state index contributed by atoms with van der Waals surface area (Å²) in [5, 5.41) is 0. The topological polar surface area (TPSA) is 72.5 Å². The van der Waals surface area contributed by atoms with Crippen molar-refractivity contribution in [3.8, 4) is 0 Å². The molecule has 4 rings (SSSR count). The van der Waals surface area contributed by atoms with Crippen LogP contribution in [0.15, 0.2) is 40.6 Å². The number of rotatable bonds is 5. The molecular formula is C21H22ClNO4S2. The average Bonchev–Trinajstić information content (AvgIpc) is 3.23. The fourth-order valence-corrected chi connectivity index (χ4v) is 7.31. The number of ether oxygens (including phenoxy) is 1. The van der Waals surface area contributed by atoms with Gasteiger partial charge < -0.3 is 4.74 Å². The lowest BCUT2D eigenvalue weighted by Crippen LogP contribution is -2.41. The van der Waals surface area contributed by atoms with Gasteiger partial charge in [-0.1, -0.05) is 29.8 Å². The highest BCUT2D eigenvalue weighted by Gasteiger charge is 2.41. The van der Waals surface area contributed by atoms with E-state index in [1.165, 1.54) is 24.3 Å². The Labute approximate surface area is 179 Å². The summed E-state index contributed by atoms with van der Waals surface area (Å²) in [6.45, 7) is 0. The van der Waals surface area contributed by atoms with Crippen LogP contribution in [0.4, 0.5) is 0 Å². The van der Waals surface area contributed by atoms with E-state index in [0.717, 1.165) is 42.6 Å². The van der Waals surface area contributed by atoms with Crippen LogP contribution in [-0.2, 0) is 32.4 Å². The third kappa shape index (κ3) is 4.43. The Balaban J connectivity index is 1.55. The van der Waals surface area contributed by atoms with Crippen LogP contribution in [0.2, 0.25) is 4.34 Å². The highest BCUT2D eigenvalue weighted by Crippen LogP contribution is 2.41. The molecule has 2 bridgehead atoms. The zero-order valence-corrected chi connectivity index (χ0v) is 18.3. The summed E-state index contributed by atoms with van der Waals surface area (Å²) in [7, 11) is -2.22. The van der Waals surface area contributed by atoms with E-state index >= 15 is 0 Å². The minimum Gasteiger partial charge on any atom is -0.466 e. The monoisotopic (exact) mass is 451 g/mol. The number of thiophene rings is 1. The largest absolute Gasteiger partial charge is 0.466 e. The van der Waals surface area contributed by atoms with Gasteiger partial charge in [0.1, 0.15) is 4.21 Å². The molecule has 0 spiro atoms. The number of fused-ring (bicyclic) bond motifs is 3. The minimum atomic E-state index is -3.58. The average molecular weight is 452 g/mol. The molecule has 0 saturated heterocycles. The van der Waals surface area contributed by atoms with Crippen molar-refractivity contribution in [1.29, 1.82) is 0 Å². The number of sulfonamides is 1. The van der Waals surface area contributed by atoms with E-state index in [0.29, 0.717) is 4.34 Å². The van der Waals surface area contributed by atoms with Crippen molar-refractivity contribution in [3.63, 3.8) is 0 Å². The molecule has 1 heterocycles. The first kappa shape index (κ1) is 20.6. The molecule has 0 amide bonds. The van der Waals surface area contributed by atoms with Crippen molar-refractivity contribution in [2.45, 2.75) is 35.9 Å². The normalized spacial score (nSPS) is 23.7. The molecular weight excluding hydrogens is 430 g/mol. The van der Waals surface area contributed by atoms with Crippen LogP contribution in [0.1, 0.15) is 29.5 Å². The van der Waals surface area contributed by atoms with Crippen LogP contribution in [0.5, 0.6) is 0 Å². The molecule has 1 saturated carbocycles. The predicted molar refractivity (Wildman–Crippen MR) is 115 cm³/mol. The van der Waals surface area contributed by atoms with Gasteiger partial charge in [-0.05, 0) is 72.4 Å². The maximum absolute atomic E-state index is 12.8. The first-order valence-electron chi connectivity index (χ1n) is 9.51. The maximum Gasteiger partial charge on any atom is 0.330 e. The fourth-order valence-electron chi connectivity index (χ4n) is 4.44. The highest BCUT2D eigenvalue weighted by atomic mass is 35.5. The molecule has 1 N–H and O–H groups in total. The number of carbonyl (C=O) groups excluding carboxylic acids is 1. The van der Waals surface area contributed by atoms with Gasteiger partial charge in [-0.15, -0.1) is 11.3 Å². The van der Waals surface area contributed by atoms with E-state index in [1.807, 2.05) is 6.07 Å². The van der Waals surface area contributed by atoms with Crippen LogP contribution in [0.3, 0.4) is 0 Å². The standard InChI is InChI=1S/C21H22ClNO4S2/c1-27-19(24)8-3-13-2-4-14-11-15-5-6-16(12-17(14)10-13)21(15)23-29(25,26)20-9-7-18(22)28-20/h2-4,7-10,15-16,21,23H,5-6,11-12H2,1H3/b8-3+. The van der Waals surface area contributed by atoms with Crippen molar-refractivity contribution in [2.75, 3.05) is 7.11 Å². The maximum atomic E-state index is 12.8. The lowest BCUT2D eigenvalue weighted by Gasteiger charge is -2.23. The van der Waals surface area contributed by atoms with Crippen molar-refractivity contribution >= 4 is 45.0 Å². The van der Waals surface area contributed by atoms with Gasteiger partial charge in [0.05, 0.1) is 11.4 Å². The van der Waals surface area contributed by atoms with Gasteiger partial charge >= 0.3 is 5.97 Å². The van der Waals surface area contributed by atoms with Gasteiger partial charge in [0.25, 0.3) is 0 Å². The van der Waals surface area contributed by atoms with E-state index in [2.05, 4.69) is 21.6 Å². The zero-order valence-electron chi connectivity index (χ0n) is 15.9. The summed E-state index contributed by atoms with van der Waals surface area (Å²) in [4.78, 5) is 11.3. The molecule has 8 heteroatoms. The highest BCUT2D eigenvalue weighted by molar-refractivity contribution is 7.91. The second kappa shape index (κ2) is 8.22. The van der Waals surface area contributed by atoms with E-state index in [9.17, 15) is 13.2 Å². The van der Waals surface area contributed by atoms with Gasteiger partial charge in [-0.25, -0.2) is 17.9 Å². The number of carbonyl (C=O) groups is 1. The lowest BCUT2D eigenvalue weighted by atomic mass is 9.92. The molecule has 0 aliphatic heterocycles. The quantitative estimate of drug-likeness (QED) is 0.549. The molecule has 3 atom stereocenters. The molecule has 1 fully saturated rings. The van der Waals surface area contributed by atoms with Gasteiger partial charge in [0.15, 0.2) is 0 Å². The molecule has 5 nitrogen and oxygen atoms in total. The summed E-state index contributed by atoms with van der Waals surface area (Å²) >= 11 is 7.01. The van der Waals surface area contributed by atoms with Crippen LogP contribution in [0.25, 0.3) is 6.08 Å². The first-order chi connectivity index (χ1) is 13.9. The van der Waals surface area contributed by atoms with Gasteiger partial charge in [-0.2, -0.15) is 0 Å². The van der Waals surface area contributed by atoms with Crippen LogP contribution in [-0.4, -0.2) is 27.5 Å². The number of benzene rings is 1. The van der Waals surface area contributed by atoms with Gasteiger partial charge in [0.2, 0.25) is 10.0 Å². The molecule has 3 unspecified atom stereocenters. The number of esters is 1. The molecule has 29 heavy (non-hydrogen) atoms. The number of hydrogen-bond acceptors (Lipinski definition) is 5. The van der Waals surface area contributed by atoms with Crippen molar-refractivity contribution in [2.24, 2.45) is 11.8 Å². The van der Waals surface area contributed by atoms with Crippen LogP contribution < -0.4 is 4.72 Å². The van der Waals surface area contributed by atoms with Gasteiger partial charge in [0, 0.05) is 12.1 Å². The van der Waals surface area contributed by atoms with E-state index in [4.69, 9.17) is 11.6 Å². The smallest absolute Gasteiger partial charge is 0.330 e. The molecule has 2 aliphatic rings. The minimum absolute atomic E-state index is 0.0812. The number of methoxy groups -OCH3 is 1. The fraction of sp³-hybridized carbons (Fsp3) is 0.381. The number of halogens is 1. The van der Waals surface area contributed by atoms with E-state index in [1.54, 1.807) is 18.2 Å². The Morgan fingerprint density at radius 2 is 1.90 bits per heavy atom. The number of nitrogens with one attached hydrogen (secondary N) is 1. The Hall–Kier alpha value is -1.67. The Morgan fingerprint density at radius 1 is 1.17 bits per heavy atom. The summed E-state index contributed by atoms with van der Waals surface area (Å²) in [6, 6.07) is 9.27. The van der Waals surface area contributed by atoms with Crippen LogP contribution >= 0.6 is 22.9 Å². The number of hydrogen-bond donors (Lipinski definition) is 1. The Kier molecular flexibility index (Phi) is 5.84. The Bertz CT molecular complexity index is 1060. The van der Waals surface area contributed by atoms with E-state index < -0.39 is 10.0 Å². The molecule has 0 radical (unpaired) electrons. The zero-order chi connectivity index (χ0) is 20.6. The second-order valence-corrected chi connectivity index (χ2v) is 11.3. The van der Waals surface area contributed by atoms with E-state index in [-0.39, 0.29) is 28.1 Å². The summed E-state index contributed by atoms with van der Waals surface area (Å²) in [5.74, 6) is 0.149. The molecule has 1 aromatic carbocycles. The van der Waals surface area contributed by atoms with Crippen molar-refractivity contribution in [3.05, 3.63) is 57.4 Å². The third-order valence-corrected chi connectivity index (χ3v) is 9.02. The Morgan fingerprint density at radius 3 is 2.55 bits per heavy atom. The second-order valence-electron chi connectivity index (χ2n) is 7.60. The summed E-state index contributed by atoms with van der Waals surface area (Å²) in [6.07, 6.45) is 6.86. The molecule has 2 aromatic rings. The molecule has 1 aromatic heterocycles. The molecule has 154 valence electrons. The summed E-state index contributed by atoms with van der Waals surface area (Å²) in [5.41, 5.74) is 3.43. The lowest BCUT2D eigenvalue weighted by molar-refractivity contribution is -0.134. The third-order valence-electron chi connectivity index (χ3n) is 5.84.